The molecular formula is C21H32N4O4. The molecule has 160 valence electrons. The van der Waals surface area contributed by atoms with E-state index in [2.05, 4.69) is 16.9 Å². The predicted molar refractivity (Wildman–Crippen MR) is 110 cm³/mol. The Hall–Kier alpha value is -2.35. The van der Waals surface area contributed by atoms with E-state index in [0.717, 1.165) is 51.4 Å². The second kappa shape index (κ2) is 8.98. The fourth-order valence-corrected chi connectivity index (χ4v) is 3.65. The lowest BCUT2D eigenvalue weighted by molar-refractivity contribution is 0.0289. The molecule has 0 saturated carbocycles. The summed E-state index contributed by atoms with van der Waals surface area (Å²) < 4.78 is 12.5. The number of likely N-dealkylation sites (tertiary alicyclic amines) is 1. The number of amides is 1. The number of aromatic nitrogens is 3. The molecule has 2 fully saturated rings. The largest absolute Gasteiger partial charge is 0.444 e. The normalized spacial score (nSPS) is 20.4. The van der Waals surface area contributed by atoms with E-state index in [4.69, 9.17) is 9.47 Å². The molecule has 1 amide bonds. The number of hydrogen-bond donors (Lipinski definition) is 1. The summed E-state index contributed by atoms with van der Waals surface area (Å²) in [6.45, 7) is 11.1. The highest BCUT2D eigenvalue weighted by Gasteiger charge is 2.27. The number of nitrogens with one attached hydrogen (secondary N) is 1. The summed E-state index contributed by atoms with van der Waals surface area (Å²) in [4.78, 5) is 31.8. The zero-order chi connectivity index (χ0) is 21.0. The number of carbonyl (C=O) groups is 1. The van der Waals surface area contributed by atoms with Gasteiger partial charge in [-0.3, -0.25) is 9.20 Å². The molecule has 1 atom stereocenters. The van der Waals surface area contributed by atoms with Gasteiger partial charge in [-0.05, 0) is 46.0 Å². The van der Waals surface area contributed by atoms with Gasteiger partial charge in [-0.15, -0.1) is 0 Å². The van der Waals surface area contributed by atoms with Crippen molar-refractivity contribution in [2.45, 2.75) is 58.5 Å². The Morgan fingerprint density at radius 3 is 2.62 bits per heavy atom. The third-order valence-electron chi connectivity index (χ3n) is 5.16. The van der Waals surface area contributed by atoms with Crippen LogP contribution in [0, 0.1) is 5.92 Å². The zero-order valence-corrected chi connectivity index (χ0v) is 17.8. The van der Waals surface area contributed by atoms with E-state index in [1.807, 2.05) is 31.4 Å². The van der Waals surface area contributed by atoms with Crippen LogP contribution < -0.4 is 5.56 Å². The molecule has 0 aromatic carbocycles. The highest BCUT2D eigenvalue weighted by Crippen LogP contribution is 2.25. The van der Waals surface area contributed by atoms with E-state index in [0.29, 0.717) is 17.4 Å². The second-order valence-electron chi connectivity index (χ2n) is 8.87. The monoisotopic (exact) mass is 404 g/mol. The van der Waals surface area contributed by atoms with Crippen molar-refractivity contribution in [1.82, 2.24) is 19.3 Å². The molecule has 2 aromatic rings. The molecule has 1 N–H and O–H groups in total. The Morgan fingerprint density at radius 1 is 1.28 bits per heavy atom. The summed E-state index contributed by atoms with van der Waals surface area (Å²) in [5.74, 6) is 2.00. The summed E-state index contributed by atoms with van der Waals surface area (Å²) in [6, 6.07) is 0. The van der Waals surface area contributed by atoms with E-state index in [-0.39, 0.29) is 17.3 Å². The number of ether oxygens (including phenoxy) is 2. The molecule has 4 heterocycles. The van der Waals surface area contributed by atoms with Crippen molar-refractivity contribution in [3.63, 3.8) is 0 Å². The van der Waals surface area contributed by atoms with Crippen LogP contribution in [-0.2, 0) is 9.47 Å². The van der Waals surface area contributed by atoms with Crippen molar-refractivity contribution in [3.05, 3.63) is 34.8 Å². The highest BCUT2D eigenvalue weighted by atomic mass is 16.6. The first-order valence-electron chi connectivity index (χ1n) is 10.3. The minimum absolute atomic E-state index is 0.0895. The van der Waals surface area contributed by atoms with Crippen LogP contribution in [0.5, 0.6) is 0 Å². The Labute approximate surface area is 171 Å². The number of hydrogen-bond acceptors (Lipinski definition) is 5. The molecule has 0 aliphatic carbocycles. The van der Waals surface area contributed by atoms with Gasteiger partial charge in [-0.25, -0.2) is 9.78 Å². The van der Waals surface area contributed by atoms with E-state index >= 15 is 0 Å². The molecule has 0 radical (unpaired) electrons. The Bertz CT molecular complexity index is 877. The number of fused-ring (bicyclic) bond motifs is 1. The van der Waals surface area contributed by atoms with Gasteiger partial charge in [0.25, 0.3) is 5.56 Å². The Kier molecular flexibility index (Phi) is 6.62. The molecule has 0 bridgehead atoms. The number of imidazole rings is 1. The molecular weight excluding hydrogens is 372 g/mol. The van der Waals surface area contributed by atoms with Crippen LogP contribution in [0.3, 0.4) is 0 Å². The zero-order valence-electron chi connectivity index (χ0n) is 17.8. The topological polar surface area (TPSA) is 88.9 Å². The van der Waals surface area contributed by atoms with Crippen LogP contribution >= 0.6 is 0 Å². The minimum atomic E-state index is -0.372. The van der Waals surface area contributed by atoms with Crippen molar-refractivity contribution in [1.29, 1.82) is 0 Å². The second-order valence-corrected chi connectivity index (χ2v) is 8.87. The number of H-pyrrole nitrogens is 1. The SMILES string of the molecule is CC1CCN(C(=O)OC(C)(C)C)C1.O=c1[nH]ccn2c(C3CCOCC3)ncc12. The van der Waals surface area contributed by atoms with Gasteiger partial charge < -0.3 is 19.4 Å². The van der Waals surface area contributed by atoms with Crippen LogP contribution in [0.4, 0.5) is 4.79 Å². The lowest BCUT2D eigenvalue weighted by Gasteiger charge is -2.24. The highest BCUT2D eigenvalue weighted by molar-refractivity contribution is 5.68. The average Bonchev–Trinajstić information content (AvgIpc) is 3.29. The van der Waals surface area contributed by atoms with Crippen LogP contribution in [0.1, 0.15) is 58.7 Å². The van der Waals surface area contributed by atoms with Crippen LogP contribution in [0.2, 0.25) is 0 Å². The Balaban J connectivity index is 0.000000170. The number of nitrogens with zero attached hydrogens (tertiary/aromatic N) is 3. The van der Waals surface area contributed by atoms with Crippen molar-refractivity contribution in [2.75, 3.05) is 26.3 Å². The van der Waals surface area contributed by atoms with Gasteiger partial charge in [0.1, 0.15) is 16.9 Å². The fraction of sp³-hybridized carbons (Fsp3) is 0.667. The number of aromatic amines is 1. The van der Waals surface area contributed by atoms with E-state index in [1.165, 1.54) is 0 Å². The van der Waals surface area contributed by atoms with Gasteiger partial charge in [-0.1, -0.05) is 6.92 Å². The predicted octanol–water partition coefficient (Wildman–Crippen LogP) is 3.18. The van der Waals surface area contributed by atoms with E-state index in [1.54, 1.807) is 17.3 Å². The maximum absolute atomic E-state index is 11.5. The molecule has 29 heavy (non-hydrogen) atoms. The van der Waals surface area contributed by atoms with Crippen molar-refractivity contribution >= 4 is 11.6 Å². The van der Waals surface area contributed by atoms with Gasteiger partial charge in [-0.2, -0.15) is 0 Å². The van der Waals surface area contributed by atoms with Crippen molar-refractivity contribution < 1.29 is 14.3 Å². The number of rotatable bonds is 1. The maximum Gasteiger partial charge on any atom is 0.410 e. The lowest BCUT2D eigenvalue weighted by Crippen LogP contribution is -2.35. The summed E-state index contributed by atoms with van der Waals surface area (Å²) in [5.41, 5.74) is 0.153. The average molecular weight is 405 g/mol. The summed E-state index contributed by atoms with van der Waals surface area (Å²) >= 11 is 0. The summed E-state index contributed by atoms with van der Waals surface area (Å²) in [5, 5.41) is 0. The molecule has 2 aliphatic rings. The Morgan fingerprint density at radius 2 is 2.00 bits per heavy atom. The lowest BCUT2D eigenvalue weighted by atomic mass is 10.00. The van der Waals surface area contributed by atoms with Crippen molar-refractivity contribution in [3.8, 4) is 0 Å². The van der Waals surface area contributed by atoms with Gasteiger partial charge in [0, 0.05) is 44.6 Å². The van der Waals surface area contributed by atoms with Crippen molar-refractivity contribution in [2.24, 2.45) is 5.92 Å². The third-order valence-corrected chi connectivity index (χ3v) is 5.16. The van der Waals surface area contributed by atoms with Crippen LogP contribution in [-0.4, -0.2) is 57.3 Å². The smallest absolute Gasteiger partial charge is 0.410 e. The molecule has 8 nitrogen and oxygen atoms in total. The molecule has 2 aliphatic heterocycles. The molecule has 1 unspecified atom stereocenters. The minimum Gasteiger partial charge on any atom is -0.444 e. The molecule has 0 spiro atoms. The first kappa shape index (κ1) is 21.4. The standard InChI is InChI=1S/C11H13N3O2.C10H19NO2/c15-11-9-7-13-10(14(9)4-3-12-11)8-1-5-16-6-2-8;1-8-5-6-11(7-8)9(12)13-10(2,3)4/h3-4,7-8H,1-2,5-6H2,(H,12,15);8H,5-7H2,1-4H3. The molecule has 2 saturated heterocycles. The van der Waals surface area contributed by atoms with Gasteiger partial charge in [0.15, 0.2) is 0 Å². The van der Waals surface area contributed by atoms with E-state index < -0.39 is 0 Å². The van der Waals surface area contributed by atoms with Gasteiger partial charge in [0.05, 0.1) is 6.20 Å². The molecule has 4 rings (SSSR count). The quantitative estimate of drug-likeness (QED) is 0.789. The van der Waals surface area contributed by atoms with E-state index in [9.17, 15) is 9.59 Å². The third kappa shape index (κ3) is 5.59. The first-order valence-corrected chi connectivity index (χ1v) is 10.3. The fourth-order valence-electron chi connectivity index (χ4n) is 3.65. The molecule has 2 aromatic heterocycles. The van der Waals surface area contributed by atoms with Crippen LogP contribution in [0.15, 0.2) is 23.4 Å². The molecule has 8 heteroatoms. The summed E-state index contributed by atoms with van der Waals surface area (Å²) in [7, 11) is 0. The van der Waals surface area contributed by atoms with Crippen LogP contribution in [0.25, 0.3) is 5.52 Å². The van der Waals surface area contributed by atoms with Gasteiger partial charge in [0.2, 0.25) is 0 Å². The number of carbonyl (C=O) groups excluding carboxylic acids is 1. The maximum atomic E-state index is 11.5. The first-order chi connectivity index (χ1) is 13.7. The summed E-state index contributed by atoms with van der Waals surface area (Å²) in [6.07, 6.45) is 8.03. The van der Waals surface area contributed by atoms with Gasteiger partial charge >= 0.3 is 6.09 Å².